The third-order valence-electron chi connectivity index (χ3n) is 5.62. The van der Waals surface area contributed by atoms with Gasteiger partial charge in [-0.15, -0.1) is 0 Å². The normalized spacial score (nSPS) is 11.3. The number of carbonyl (C=O) groups excluding carboxylic acids is 1. The summed E-state index contributed by atoms with van der Waals surface area (Å²) in [6.45, 7) is 9.92. The molecular weight excluding hydrogens is 435 g/mol. The van der Waals surface area contributed by atoms with Gasteiger partial charge < -0.3 is 19.4 Å². The van der Waals surface area contributed by atoms with E-state index in [-0.39, 0.29) is 28.1 Å². The van der Waals surface area contributed by atoms with Crippen LogP contribution >= 0.6 is 0 Å². The number of amides is 1. The van der Waals surface area contributed by atoms with Gasteiger partial charge in [-0.05, 0) is 48.6 Å². The molecule has 3 rings (SSSR count). The van der Waals surface area contributed by atoms with Crippen molar-refractivity contribution in [1.82, 2.24) is 9.88 Å². The molecule has 3 aromatic rings. The quantitative estimate of drug-likeness (QED) is 0.531. The van der Waals surface area contributed by atoms with E-state index in [9.17, 15) is 14.0 Å². The van der Waals surface area contributed by atoms with Gasteiger partial charge in [-0.25, -0.2) is 4.39 Å². The van der Waals surface area contributed by atoms with Gasteiger partial charge in [0.05, 0.1) is 12.8 Å². The highest BCUT2D eigenvalue weighted by molar-refractivity contribution is 5.95. The van der Waals surface area contributed by atoms with Crippen LogP contribution in [0.4, 0.5) is 4.39 Å². The molecule has 2 aromatic carbocycles. The molecule has 1 heterocycles. The molecule has 1 aromatic heterocycles. The summed E-state index contributed by atoms with van der Waals surface area (Å²) in [6.07, 6.45) is 0. The van der Waals surface area contributed by atoms with Crippen molar-refractivity contribution in [3.8, 4) is 28.5 Å². The summed E-state index contributed by atoms with van der Waals surface area (Å²) in [5, 5.41) is 0. The highest BCUT2D eigenvalue weighted by atomic mass is 19.1. The molecule has 0 atom stereocenters. The van der Waals surface area contributed by atoms with Crippen LogP contribution in [0.15, 0.2) is 41.2 Å². The number of nitrogens with one attached hydrogen (secondary N) is 1. The first-order chi connectivity index (χ1) is 15.8. The summed E-state index contributed by atoms with van der Waals surface area (Å²) in [7, 11) is 4.65. The molecule has 1 amide bonds. The second-order valence-corrected chi connectivity index (χ2v) is 9.56. The predicted octanol–water partition coefficient (Wildman–Crippen LogP) is 5.60. The molecule has 34 heavy (non-hydrogen) atoms. The monoisotopic (exact) mass is 466 g/mol. The Hall–Kier alpha value is -3.61. The number of halogens is 1. The highest BCUT2D eigenvalue weighted by Gasteiger charge is 2.23. The van der Waals surface area contributed by atoms with Crippen LogP contribution in [-0.4, -0.2) is 37.0 Å². The van der Waals surface area contributed by atoms with E-state index in [1.54, 1.807) is 21.0 Å². The van der Waals surface area contributed by atoms with E-state index in [0.717, 1.165) is 11.1 Å². The summed E-state index contributed by atoms with van der Waals surface area (Å²) < 4.78 is 25.3. The molecule has 0 unspecified atom stereocenters. The number of H-pyrrole nitrogens is 1. The number of pyridine rings is 1. The van der Waals surface area contributed by atoms with E-state index in [0.29, 0.717) is 28.5 Å². The number of aryl methyl sites for hydroxylation is 2. The number of carbonyl (C=O) groups is 1. The minimum atomic E-state index is -0.440. The van der Waals surface area contributed by atoms with E-state index in [1.165, 1.54) is 36.3 Å². The number of rotatable bonds is 5. The van der Waals surface area contributed by atoms with Gasteiger partial charge in [0, 0.05) is 37.5 Å². The number of aromatic nitrogens is 1. The maximum atomic E-state index is 13.7. The lowest BCUT2D eigenvalue weighted by Crippen LogP contribution is -2.29. The molecule has 7 heteroatoms. The predicted molar refractivity (Wildman–Crippen MR) is 132 cm³/mol. The van der Waals surface area contributed by atoms with Crippen molar-refractivity contribution in [3.05, 3.63) is 74.8 Å². The van der Waals surface area contributed by atoms with Gasteiger partial charge >= 0.3 is 0 Å². The molecule has 0 aliphatic carbocycles. The van der Waals surface area contributed by atoms with Gasteiger partial charge in [0.1, 0.15) is 17.1 Å². The lowest BCUT2D eigenvalue weighted by atomic mass is 9.84. The number of nitrogens with zero attached hydrogens (tertiary/aromatic N) is 1. The largest absolute Gasteiger partial charge is 0.493 e. The minimum absolute atomic E-state index is 0.0976. The molecule has 6 nitrogen and oxygen atoms in total. The number of methoxy groups -OCH3 is 1. The highest BCUT2D eigenvalue weighted by Crippen LogP contribution is 2.41. The van der Waals surface area contributed by atoms with Gasteiger partial charge in [0.25, 0.3) is 5.91 Å². The number of ether oxygens (including phenoxy) is 2. The fourth-order valence-corrected chi connectivity index (χ4v) is 3.77. The van der Waals surface area contributed by atoms with E-state index in [4.69, 9.17) is 9.47 Å². The Kier molecular flexibility index (Phi) is 6.87. The second kappa shape index (κ2) is 9.33. The third-order valence-corrected chi connectivity index (χ3v) is 5.62. The summed E-state index contributed by atoms with van der Waals surface area (Å²) in [5.41, 5.74) is 3.11. The van der Waals surface area contributed by atoms with E-state index in [1.807, 2.05) is 13.0 Å². The van der Waals surface area contributed by atoms with Crippen LogP contribution in [0.3, 0.4) is 0 Å². The fraction of sp³-hybridized carbons (Fsp3) is 0.333. The average molecular weight is 467 g/mol. The summed E-state index contributed by atoms with van der Waals surface area (Å²) >= 11 is 0. The number of hydrogen-bond donors (Lipinski definition) is 1. The Bertz CT molecular complexity index is 1300. The topological polar surface area (TPSA) is 71.6 Å². The first-order valence-electron chi connectivity index (χ1n) is 11.0. The molecule has 0 spiro atoms. The standard InChI is InChI=1S/C27H31FN2O4/c1-15-11-17(27(3,4)5)12-23(34-21-10-9-18(28)13-22(21)33-8)24(15)19-14-20(31)25(16(2)29-19)26(32)30(6)7/h9-14H,1-8H3,(H,29,31). The van der Waals surface area contributed by atoms with Crippen LogP contribution in [0.5, 0.6) is 17.2 Å². The number of hydrogen-bond acceptors (Lipinski definition) is 4. The zero-order valence-electron chi connectivity index (χ0n) is 20.9. The van der Waals surface area contributed by atoms with E-state index < -0.39 is 5.82 Å². The van der Waals surface area contributed by atoms with Gasteiger partial charge in [0.2, 0.25) is 0 Å². The Labute approximate surface area is 199 Å². The summed E-state index contributed by atoms with van der Waals surface area (Å²) in [4.78, 5) is 30.0. The maximum Gasteiger partial charge on any atom is 0.259 e. The molecule has 180 valence electrons. The molecule has 1 N–H and O–H groups in total. The Morgan fingerprint density at radius 2 is 1.68 bits per heavy atom. The molecule has 0 aliphatic rings. The van der Waals surface area contributed by atoms with Crippen molar-refractivity contribution in [2.75, 3.05) is 21.2 Å². The Balaban J connectivity index is 2.26. The first-order valence-corrected chi connectivity index (χ1v) is 11.0. The summed E-state index contributed by atoms with van der Waals surface area (Å²) in [5.74, 6) is 0.273. The molecule has 0 fully saturated rings. The lowest BCUT2D eigenvalue weighted by molar-refractivity contribution is 0.0825. The average Bonchev–Trinajstić information content (AvgIpc) is 2.73. The van der Waals surface area contributed by atoms with Crippen molar-refractivity contribution in [3.63, 3.8) is 0 Å². The Morgan fingerprint density at radius 3 is 2.24 bits per heavy atom. The third kappa shape index (κ3) is 4.98. The first kappa shape index (κ1) is 25.0. The molecule has 0 radical (unpaired) electrons. The molecular formula is C27H31FN2O4. The van der Waals surface area contributed by atoms with Crippen molar-refractivity contribution in [1.29, 1.82) is 0 Å². The molecule has 0 aliphatic heterocycles. The van der Waals surface area contributed by atoms with E-state index in [2.05, 4.69) is 31.8 Å². The molecule has 0 saturated carbocycles. The van der Waals surface area contributed by atoms with Crippen molar-refractivity contribution in [2.24, 2.45) is 0 Å². The van der Waals surface area contributed by atoms with Crippen LogP contribution < -0.4 is 14.9 Å². The smallest absolute Gasteiger partial charge is 0.259 e. The van der Waals surface area contributed by atoms with Crippen LogP contribution in [-0.2, 0) is 5.41 Å². The number of aromatic amines is 1. The lowest BCUT2D eigenvalue weighted by Gasteiger charge is -2.24. The fourth-order valence-electron chi connectivity index (χ4n) is 3.77. The molecule has 0 bridgehead atoms. The van der Waals surface area contributed by atoms with Crippen molar-refractivity contribution in [2.45, 2.75) is 40.0 Å². The summed E-state index contributed by atoms with van der Waals surface area (Å²) in [6, 6.07) is 9.44. The van der Waals surface area contributed by atoms with Gasteiger partial charge in [-0.2, -0.15) is 0 Å². The van der Waals surface area contributed by atoms with Crippen LogP contribution in [0.25, 0.3) is 11.3 Å². The van der Waals surface area contributed by atoms with Crippen LogP contribution in [0, 0.1) is 19.7 Å². The zero-order chi connectivity index (χ0) is 25.4. The SMILES string of the molecule is COc1cc(F)ccc1Oc1cc(C(C)(C)C)cc(C)c1-c1cc(=O)c(C(=O)N(C)C)c(C)[nH]1. The number of benzene rings is 2. The van der Waals surface area contributed by atoms with Crippen molar-refractivity contribution < 1.29 is 18.7 Å². The van der Waals surface area contributed by atoms with E-state index >= 15 is 0 Å². The van der Waals surface area contributed by atoms with Gasteiger partial charge in [-0.3, -0.25) is 9.59 Å². The molecule has 0 saturated heterocycles. The second-order valence-electron chi connectivity index (χ2n) is 9.56. The van der Waals surface area contributed by atoms with Crippen molar-refractivity contribution >= 4 is 5.91 Å². The van der Waals surface area contributed by atoms with Crippen LogP contribution in [0.1, 0.15) is 48.0 Å². The maximum absolute atomic E-state index is 13.7. The van der Waals surface area contributed by atoms with Crippen LogP contribution in [0.2, 0.25) is 0 Å². The Morgan fingerprint density at radius 1 is 1.00 bits per heavy atom. The van der Waals surface area contributed by atoms with Gasteiger partial charge in [0.15, 0.2) is 16.9 Å². The van der Waals surface area contributed by atoms with Gasteiger partial charge in [-0.1, -0.05) is 26.8 Å². The zero-order valence-corrected chi connectivity index (χ0v) is 20.9. The minimum Gasteiger partial charge on any atom is -0.493 e.